The summed E-state index contributed by atoms with van der Waals surface area (Å²) in [6, 6.07) is 0. The van der Waals surface area contributed by atoms with Gasteiger partial charge in [0.2, 0.25) is 0 Å². The van der Waals surface area contributed by atoms with E-state index in [4.69, 9.17) is 5.73 Å². The highest BCUT2D eigenvalue weighted by Gasteiger charge is 2.33. The standard InChI is InChI=1S/C13H22N4O2/c1-8(2)7-17-10(14)9(11(18)15-12(17)19)16-13(3)5-4-6-13/h8,16H,4-7,14H2,1-3H3,(H,15,18,19). The second-order valence-corrected chi connectivity index (χ2v) is 6.06. The first-order valence-corrected chi connectivity index (χ1v) is 6.73. The zero-order chi connectivity index (χ0) is 14.2. The van der Waals surface area contributed by atoms with Crippen LogP contribution in [0, 0.1) is 5.92 Å². The first-order chi connectivity index (χ1) is 8.82. The van der Waals surface area contributed by atoms with Gasteiger partial charge in [-0.3, -0.25) is 14.3 Å². The molecule has 19 heavy (non-hydrogen) atoms. The summed E-state index contributed by atoms with van der Waals surface area (Å²) in [5.74, 6) is 0.508. The van der Waals surface area contributed by atoms with Crippen molar-refractivity contribution in [1.82, 2.24) is 9.55 Å². The Kier molecular flexibility index (Phi) is 3.43. The van der Waals surface area contributed by atoms with Gasteiger partial charge in [-0.1, -0.05) is 13.8 Å². The molecule has 0 saturated heterocycles. The number of hydrogen-bond donors (Lipinski definition) is 3. The third-order valence-electron chi connectivity index (χ3n) is 3.67. The predicted octanol–water partition coefficient (Wildman–Crippen LogP) is 1.13. The number of nitrogens with one attached hydrogen (secondary N) is 2. The van der Waals surface area contributed by atoms with E-state index in [0.29, 0.717) is 12.2 Å². The van der Waals surface area contributed by atoms with E-state index in [9.17, 15) is 9.59 Å². The number of hydrogen-bond acceptors (Lipinski definition) is 4. The van der Waals surface area contributed by atoms with Crippen LogP contribution in [0.5, 0.6) is 0 Å². The molecule has 1 aromatic rings. The maximum Gasteiger partial charge on any atom is 0.330 e. The first kappa shape index (κ1) is 13.7. The molecule has 0 bridgehead atoms. The van der Waals surface area contributed by atoms with Crippen LogP contribution in [0.25, 0.3) is 0 Å². The number of nitrogens with two attached hydrogens (primary N) is 1. The Balaban J connectivity index is 2.42. The average Bonchev–Trinajstić information content (AvgIpc) is 2.27. The second kappa shape index (κ2) is 4.75. The third kappa shape index (κ3) is 2.67. The minimum absolute atomic E-state index is 0.0822. The molecule has 0 aromatic carbocycles. The zero-order valence-electron chi connectivity index (χ0n) is 11.7. The Hall–Kier alpha value is -1.72. The van der Waals surface area contributed by atoms with Crippen LogP contribution >= 0.6 is 0 Å². The fourth-order valence-electron chi connectivity index (χ4n) is 2.39. The van der Waals surface area contributed by atoms with Crippen LogP contribution in [0.3, 0.4) is 0 Å². The Morgan fingerprint density at radius 2 is 2.05 bits per heavy atom. The Morgan fingerprint density at radius 3 is 2.53 bits per heavy atom. The molecule has 0 atom stereocenters. The topological polar surface area (TPSA) is 92.9 Å². The van der Waals surface area contributed by atoms with Gasteiger partial charge in [0.15, 0.2) is 0 Å². The van der Waals surface area contributed by atoms with Crippen LogP contribution in [0.15, 0.2) is 9.59 Å². The van der Waals surface area contributed by atoms with Crippen molar-refractivity contribution in [2.24, 2.45) is 5.92 Å². The summed E-state index contributed by atoms with van der Waals surface area (Å²) < 4.78 is 1.43. The molecule has 1 aromatic heterocycles. The van der Waals surface area contributed by atoms with Crippen LogP contribution in [0.4, 0.5) is 11.5 Å². The maximum atomic E-state index is 11.9. The predicted molar refractivity (Wildman–Crippen MR) is 76.5 cm³/mol. The normalized spacial score (nSPS) is 17.3. The van der Waals surface area contributed by atoms with Gasteiger partial charge in [0.05, 0.1) is 0 Å². The number of nitrogens with zero attached hydrogens (tertiary/aromatic N) is 1. The lowest BCUT2D eigenvalue weighted by Gasteiger charge is -2.40. The lowest BCUT2D eigenvalue weighted by Crippen LogP contribution is -2.45. The molecule has 1 aliphatic rings. The van der Waals surface area contributed by atoms with Crippen molar-refractivity contribution in [1.29, 1.82) is 0 Å². The van der Waals surface area contributed by atoms with Crippen LogP contribution in [-0.2, 0) is 6.54 Å². The van der Waals surface area contributed by atoms with Gasteiger partial charge < -0.3 is 11.1 Å². The lowest BCUT2D eigenvalue weighted by atomic mass is 9.78. The molecule has 1 aliphatic carbocycles. The van der Waals surface area contributed by atoms with Crippen molar-refractivity contribution in [3.63, 3.8) is 0 Å². The second-order valence-electron chi connectivity index (χ2n) is 6.06. The minimum Gasteiger partial charge on any atom is -0.383 e. The molecule has 0 unspecified atom stereocenters. The van der Waals surface area contributed by atoms with Gasteiger partial charge in [0.1, 0.15) is 11.5 Å². The smallest absolute Gasteiger partial charge is 0.330 e. The first-order valence-electron chi connectivity index (χ1n) is 6.73. The van der Waals surface area contributed by atoms with Crippen molar-refractivity contribution >= 4 is 11.5 Å². The molecule has 1 saturated carbocycles. The molecule has 1 fully saturated rings. The maximum absolute atomic E-state index is 11.9. The van der Waals surface area contributed by atoms with Gasteiger partial charge in [0.25, 0.3) is 5.56 Å². The highest BCUT2D eigenvalue weighted by molar-refractivity contribution is 5.61. The fraction of sp³-hybridized carbons (Fsp3) is 0.692. The van der Waals surface area contributed by atoms with E-state index in [-0.39, 0.29) is 17.3 Å². The van der Waals surface area contributed by atoms with Gasteiger partial charge in [-0.25, -0.2) is 4.79 Å². The highest BCUT2D eigenvalue weighted by Crippen LogP contribution is 2.34. The summed E-state index contributed by atoms with van der Waals surface area (Å²) in [6.07, 6.45) is 3.16. The van der Waals surface area contributed by atoms with Crippen LogP contribution in [0.1, 0.15) is 40.0 Å². The summed E-state index contributed by atoms with van der Waals surface area (Å²) in [4.78, 5) is 26.0. The summed E-state index contributed by atoms with van der Waals surface area (Å²) in [5.41, 5.74) is 5.36. The number of H-pyrrole nitrogens is 1. The minimum atomic E-state index is -0.444. The van der Waals surface area contributed by atoms with E-state index in [0.717, 1.165) is 19.3 Å². The molecular formula is C13H22N4O2. The van der Waals surface area contributed by atoms with Crippen molar-refractivity contribution in [2.75, 3.05) is 11.1 Å². The monoisotopic (exact) mass is 266 g/mol. The van der Waals surface area contributed by atoms with Crippen molar-refractivity contribution in [3.8, 4) is 0 Å². The molecule has 6 heteroatoms. The van der Waals surface area contributed by atoms with Crippen molar-refractivity contribution in [2.45, 2.75) is 52.1 Å². The average molecular weight is 266 g/mol. The number of anilines is 2. The van der Waals surface area contributed by atoms with E-state index in [1.54, 1.807) is 0 Å². The van der Waals surface area contributed by atoms with Crippen LogP contribution < -0.4 is 22.3 Å². The van der Waals surface area contributed by atoms with Gasteiger partial charge in [-0.2, -0.15) is 0 Å². The number of aromatic nitrogens is 2. The number of rotatable bonds is 4. The zero-order valence-corrected chi connectivity index (χ0v) is 11.7. The van der Waals surface area contributed by atoms with Crippen molar-refractivity contribution < 1.29 is 0 Å². The van der Waals surface area contributed by atoms with Gasteiger partial charge in [-0.05, 0) is 32.1 Å². The van der Waals surface area contributed by atoms with Gasteiger partial charge in [0, 0.05) is 12.1 Å². The molecule has 0 aliphatic heterocycles. The summed E-state index contributed by atoms with van der Waals surface area (Å²) in [7, 11) is 0. The van der Waals surface area contributed by atoms with Crippen molar-refractivity contribution in [3.05, 3.63) is 20.8 Å². The SMILES string of the molecule is CC(C)Cn1c(N)c(NC2(C)CCC2)c(=O)[nH]c1=O. The van der Waals surface area contributed by atoms with E-state index in [1.165, 1.54) is 4.57 Å². The Labute approximate surface area is 112 Å². The van der Waals surface area contributed by atoms with E-state index in [1.807, 2.05) is 13.8 Å². The van der Waals surface area contributed by atoms with Gasteiger partial charge in [-0.15, -0.1) is 0 Å². The fourth-order valence-corrected chi connectivity index (χ4v) is 2.39. The lowest BCUT2D eigenvalue weighted by molar-refractivity contribution is 0.306. The summed E-state index contributed by atoms with van der Waals surface area (Å²) in [6.45, 7) is 6.55. The highest BCUT2D eigenvalue weighted by atomic mass is 16.2. The van der Waals surface area contributed by atoms with Crippen LogP contribution in [0.2, 0.25) is 0 Å². The molecule has 0 radical (unpaired) electrons. The Morgan fingerprint density at radius 1 is 1.42 bits per heavy atom. The van der Waals surface area contributed by atoms with E-state index < -0.39 is 11.2 Å². The number of aromatic amines is 1. The van der Waals surface area contributed by atoms with E-state index >= 15 is 0 Å². The van der Waals surface area contributed by atoms with Crippen LogP contribution in [-0.4, -0.2) is 15.1 Å². The Bertz CT molecular complexity index is 581. The molecule has 0 spiro atoms. The third-order valence-corrected chi connectivity index (χ3v) is 3.67. The van der Waals surface area contributed by atoms with Gasteiger partial charge >= 0.3 is 5.69 Å². The van der Waals surface area contributed by atoms with E-state index in [2.05, 4.69) is 17.2 Å². The quantitative estimate of drug-likeness (QED) is 0.761. The molecular weight excluding hydrogens is 244 g/mol. The molecule has 1 heterocycles. The molecule has 2 rings (SSSR count). The number of nitrogen functional groups attached to an aromatic ring is 1. The summed E-state index contributed by atoms with van der Waals surface area (Å²) >= 11 is 0. The molecule has 0 amide bonds. The molecule has 6 nitrogen and oxygen atoms in total. The summed E-state index contributed by atoms with van der Waals surface area (Å²) in [5, 5.41) is 3.20. The molecule has 4 N–H and O–H groups in total. The molecule has 106 valence electrons. The largest absolute Gasteiger partial charge is 0.383 e.